The van der Waals surface area contributed by atoms with E-state index in [1.807, 2.05) is 6.92 Å². The zero-order chi connectivity index (χ0) is 10.0. The van der Waals surface area contributed by atoms with Gasteiger partial charge in [-0.15, -0.1) is 0 Å². The number of nitrogens with one attached hydrogen (secondary N) is 1. The first-order valence-electron chi connectivity index (χ1n) is 3.80. The summed E-state index contributed by atoms with van der Waals surface area (Å²) in [6.07, 6.45) is 0.544. The quantitative estimate of drug-likeness (QED) is 0.581. The Morgan fingerprint density at radius 2 is 2.23 bits per heavy atom. The fourth-order valence-corrected chi connectivity index (χ4v) is 1.03. The molecule has 1 aromatic rings. The SMILES string of the molecule is CCc1ccc(C(=O)O)c(=N)n1O. The fourth-order valence-electron chi connectivity index (χ4n) is 1.03. The molecule has 1 aromatic heterocycles. The minimum Gasteiger partial charge on any atom is -0.478 e. The highest BCUT2D eigenvalue weighted by Crippen LogP contribution is 1.98. The molecule has 13 heavy (non-hydrogen) atoms. The van der Waals surface area contributed by atoms with Crippen molar-refractivity contribution >= 4 is 5.97 Å². The van der Waals surface area contributed by atoms with Crippen molar-refractivity contribution in [2.45, 2.75) is 13.3 Å². The highest BCUT2D eigenvalue weighted by atomic mass is 16.5. The van der Waals surface area contributed by atoms with E-state index in [4.69, 9.17) is 10.5 Å². The molecule has 0 spiro atoms. The van der Waals surface area contributed by atoms with E-state index in [0.717, 1.165) is 0 Å². The van der Waals surface area contributed by atoms with Crippen molar-refractivity contribution in [2.75, 3.05) is 0 Å². The van der Waals surface area contributed by atoms with Gasteiger partial charge in [0.2, 0.25) is 0 Å². The zero-order valence-electron chi connectivity index (χ0n) is 7.11. The van der Waals surface area contributed by atoms with Crippen LogP contribution in [-0.2, 0) is 6.42 Å². The first-order valence-corrected chi connectivity index (χ1v) is 3.80. The van der Waals surface area contributed by atoms with Crippen LogP contribution < -0.4 is 5.49 Å². The van der Waals surface area contributed by atoms with Gasteiger partial charge >= 0.3 is 5.97 Å². The average molecular weight is 182 g/mol. The number of carboxylic acids is 1. The van der Waals surface area contributed by atoms with Crippen LogP contribution in [0.5, 0.6) is 0 Å². The summed E-state index contributed by atoms with van der Waals surface area (Å²) in [6, 6.07) is 2.80. The van der Waals surface area contributed by atoms with Crippen molar-refractivity contribution in [1.29, 1.82) is 5.41 Å². The first-order chi connectivity index (χ1) is 6.07. The number of nitrogens with zero attached hydrogens (tertiary/aromatic N) is 1. The van der Waals surface area contributed by atoms with E-state index >= 15 is 0 Å². The van der Waals surface area contributed by atoms with E-state index in [1.165, 1.54) is 12.1 Å². The molecule has 0 aliphatic rings. The van der Waals surface area contributed by atoms with Crippen LogP contribution in [0.25, 0.3) is 0 Å². The molecule has 0 bridgehead atoms. The predicted molar refractivity (Wildman–Crippen MR) is 43.8 cm³/mol. The molecule has 5 nitrogen and oxygen atoms in total. The summed E-state index contributed by atoms with van der Waals surface area (Å²) < 4.78 is 0.587. The Morgan fingerprint density at radius 3 is 2.69 bits per heavy atom. The molecule has 0 unspecified atom stereocenters. The van der Waals surface area contributed by atoms with E-state index in [0.29, 0.717) is 16.8 Å². The number of rotatable bonds is 2. The van der Waals surface area contributed by atoms with E-state index in [-0.39, 0.29) is 5.56 Å². The van der Waals surface area contributed by atoms with E-state index in [1.54, 1.807) is 0 Å². The highest BCUT2D eigenvalue weighted by molar-refractivity contribution is 5.86. The van der Waals surface area contributed by atoms with E-state index < -0.39 is 11.5 Å². The predicted octanol–water partition coefficient (Wildman–Crippen LogP) is 0.465. The molecule has 0 radical (unpaired) electrons. The standard InChI is InChI=1S/C8H10N2O3/c1-2-5-3-4-6(8(11)12)7(9)10(5)13/h3-4,9,13H,2H2,1H3,(H,11,12). The number of aryl methyl sites for hydroxylation is 1. The monoisotopic (exact) mass is 182 g/mol. The Kier molecular flexibility index (Phi) is 2.36. The Bertz CT molecular complexity index is 395. The number of aromatic nitrogens is 1. The Labute approximate surface area is 74.3 Å². The van der Waals surface area contributed by atoms with Crippen molar-refractivity contribution in [3.63, 3.8) is 0 Å². The molecule has 0 aliphatic carbocycles. The first kappa shape index (κ1) is 9.31. The van der Waals surface area contributed by atoms with Gasteiger partial charge in [-0.1, -0.05) is 6.92 Å². The summed E-state index contributed by atoms with van der Waals surface area (Å²) in [4.78, 5) is 10.5. The lowest BCUT2D eigenvalue weighted by Crippen LogP contribution is -2.27. The van der Waals surface area contributed by atoms with Crippen LogP contribution in [-0.4, -0.2) is 21.0 Å². The number of aromatic carboxylic acids is 1. The molecule has 3 N–H and O–H groups in total. The molecule has 0 aromatic carbocycles. The minimum absolute atomic E-state index is 0.209. The molecule has 0 aliphatic heterocycles. The van der Waals surface area contributed by atoms with Gasteiger partial charge in [0.05, 0.1) is 5.69 Å². The number of carboxylic acid groups (broad SMARTS) is 1. The molecule has 0 amide bonds. The maximum atomic E-state index is 10.5. The summed E-state index contributed by atoms with van der Waals surface area (Å²) >= 11 is 0. The topological polar surface area (TPSA) is 86.3 Å². The molecule has 70 valence electrons. The summed E-state index contributed by atoms with van der Waals surface area (Å²) in [5.74, 6) is -1.21. The second-order valence-corrected chi connectivity index (χ2v) is 2.56. The van der Waals surface area contributed by atoms with Crippen LogP contribution in [0, 0.1) is 5.41 Å². The number of carbonyl (C=O) groups is 1. The van der Waals surface area contributed by atoms with Crippen molar-refractivity contribution in [3.05, 3.63) is 28.9 Å². The van der Waals surface area contributed by atoms with Gasteiger partial charge in [-0.2, -0.15) is 4.73 Å². The van der Waals surface area contributed by atoms with Gasteiger partial charge in [0.25, 0.3) is 0 Å². The Morgan fingerprint density at radius 1 is 1.62 bits per heavy atom. The lowest BCUT2D eigenvalue weighted by atomic mass is 10.2. The smallest absolute Gasteiger partial charge is 0.339 e. The summed E-state index contributed by atoms with van der Waals surface area (Å²) in [6.45, 7) is 1.81. The molecule has 5 heteroatoms. The van der Waals surface area contributed by atoms with E-state index in [9.17, 15) is 10.0 Å². The summed E-state index contributed by atoms with van der Waals surface area (Å²) in [7, 11) is 0. The third kappa shape index (κ3) is 1.53. The van der Waals surface area contributed by atoms with Crippen molar-refractivity contribution in [2.24, 2.45) is 0 Å². The number of hydrogen-bond acceptors (Lipinski definition) is 3. The fraction of sp³-hybridized carbons (Fsp3) is 0.250. The minimum atomic E-state index is -1.21. The maximum Gasteiger partial charge on any atom is 0.339 e. The van der Waals surface area contributed by atoms with Gasteiger partial charge in [-0.25, -0.2) is 4.79 Å². The molecule has 0 fully saturated rings. The third-order valence-corrected chi connectivity index (χ3v) is 1.77. The van der Waals surface area contributed by atoms with Gasteiger partial charge in [-0.3, -0.25) is 5.41 Å². The van der Waals surface area contributed by atoms with Crippen LogP contribution in [0.1, 0.15) is 23.0 Å². The van der Waals surface area contributed by atoms with Crippen LogP contribution in [0.15, 0.2) is 12.1 Å². The Balaban J connectivity index is 3.40. The van der Waals surface area contributed by atoms with Gasteiger partial charge in [0, 0.05) is 0 Å². The van der Waals surface area contributed by atoms with E-state index in [2.05, 4.69) is 0 Å². The number of hydrogen-bond donors (Lipinski definition) is 3. The lowest BCUT2D eigenvalue weighted by Gasteiger charge is -2.05. The van der Waals surface area contributed by atoms with Gasteiger partial charge in [0.1, 0.15) is 5.56 Å². The normalized spacial score (nSPS) is 9.92. The maximum absolute atomic E-state index is 10.5. The summed E-state index contributed by atoms with van der Waals surface area (Å²) in [5.41, 5.74) is -0.0958. The van der Waals surface area contributed by atoms with Crippen molar-refractivity contribution in [1.82, 2.24) is 4.73 Å². The second kappa shape index (κ2) is 3.30. The largest absolute Gasteiger partial charge is 0.478 e. The van der Waals surface area contributed by atoms with Gasteiger partial charge in [-0.05, 0) is 18.6 Å². The van der Waals surface area contributed by atoms with Gasteiger partial charge < -0.3 is 10.3 Å². The lowest BCUT2D eigenvalue weighted by molar-refractivity contribution is 0.0685. The Hall–Kier alpha value is -1.78. The van der Waals surface area contributed by atoms with Crippen LogP contribution >= 0.6 is 0 Å². The highest BCUT2D eigenvalue weighted by Gasteiger charge is 2.09. The second-order valence-electron chi connectivity index (χ2n) is 2.56. The van der Waals surface area contributed by atoms with Crippen molar-refractivity contribution in [3.8, 4) is 0 Å². The van der Waals surface area contributed by atoms with Gasteiger partial charge in [0.15, 0.2) is 5.49 Å². The molecular weight excluding hydrogens is 172 g/mol. The van der Waals surface area contributed by atoms with Crippen molar-refractivity contribution < 1.29 is 15.1 Å². The molecular formula is C8H10N2O3. The third-order valence-electron chi connectivity index (χ3n) is 1.77. The molecule has 0 saturated carbocycles. The molecule has 1 rings (SSSR count). The summed E-state index contributed by atoms with van der Waals surface area (Å²) in [5, 5.41) is 25.2. The molecule has 0 atom stereocenters. The number of pyridine rings is 1. The zero-order valence-corrected chi connectivity index (χ0v) is 7.11. The van der Waals surface area contributed by atoms with Crippen LogP contribution in [0.4, 0.5) is 0 Å². The van der Waals surface area contributed by atoms with Crippen LogP contribution in [0.2, 0.25) is 0 Å². The molecule has 0 saturated heterocycles. The average Bonchev–Trinajstić information content (AvgIpc) is 2.09. The molecule has 1 heterocycles. The van der Waals surface area contributed by atoms with Crippen LogP contribution in [0.3, 0.4) is 0 Å².